The zero-order valence-electron chi connectivity index (χ0n) is 10.5. The lowest BCUT2D eigenvalue weighted by atomic mass is 10.1. The zero-order valence-corrected chi connectivity index (χ0v) is 10.5. The number of nitrogens with one attached hydrogen (secondary N) is 1. The highest BCUT2D eigenvalue weighted by Crippen LogP contribution is 2.20. The Labute approximate surface area is 107 Å². The lowest BCUT2D eigenvalue weighted by molar-refractivity contribution is 0.102. The second kappa shape index (κ2) is 4.92. The highest BCUT2D eigenvalue weighted by molar-refractivity contribution is 6.05. The first-order valence-corrected chi connectivity index (χ1v) is 5.80. The molecule has 0 saturated carbocycles. The van der Waals surface area contributed by atoms with Crippen molar-refractivity contribution in [1.29, 1.82) is 0 Å². The summed E-state index contributed by atoms with van der Waals surface area (Å²) in [5.74, 6) is -0.143. The Balaban J connectivity index is 2.24. The summed E-state index contributed by atoms with van der Waals surface area (Å²) in [7, 11) is 0. The van der Waals surface area contributed by atoms with Crippen LogP contribution in [0, 0.1) is 13.8 Å². The summed E-state index contributed by atoms with van der Waals surface area (Å²) in [6.07, 6.45) is 0. The Bertz CT molecular complexity index is 591. The van der Waals surface area contributed by atoms with Crippen molar-refractivity contribution in [2.24, 2.45) is 0 Å². The number of hydrogen-bond donors (Lipinski definition) is 2. The van der Waals surface area contributed by atoms with Crippen molar-refractivity contribution in [3.63, 3.8) is 0 Å². The van der Waals surface area contributed by atoms with Gasteiger partial charge in [-0.1, -0.05) is 23.8 Å². The van der Waals surface area contributed by atoms with Crippen LogP contribution in [-0.2, 0) is 0 Å². The van der Waals surface area contributed by atoms with Gasteiger partial charge in [0.1, 0.15) is 0 Å². The lowest BCUT2D eigenvalue weighted by Crippen LogP contribution is -2.13. The topological polar surface area (TPSA) is 55.1 Å². The number of rotatable bonds is 2. The number of aryl methyl sites for hydroxylation is 2. The molecule has 3 heteroatoms. The maximum absolute atomic E-state index is 12.1. The number of anilines is 2. The van der Waals surface area contributed by atoms with E-state index in [1.54, 1.807) is 12.1 Å². The number of amides is 1. The van der Waals surface area contributed by atoms with Gasteiger partial charge in [0, 0.05) is 5.56 Å². The van der Waals surface area contributed by atoms with Crippen molar-refractivity contribution in [3.05, 3.63) is 59.2 Å². The third-order valence-electron chi connectivity index (χ3n) is 2.74. The quantitative estimate of drug-likeness (QED) is 0.792. The van der Waals surface area contributed by atoms with Gasteiger partial charge in [0.05, 0.1) is 11.4 Å². The number of hydrogen-bond acceptors (Lipinski definition) is 2. The molecule has 0 aliphatic carbocycles. The van der Waals surface area contributed by atoms with Crippen LogP contribution in [-0.4, -0.2) is 5.91 Å². The molecule has 0 saturated heterocycles. The van der Waals surface area contributed by atoms with Gasteiger partial charge >= 0.3 is 0 Å². The third kappa shape index (κ3) is 2.69. The van der Waals surface area contributed by atoms with Gasteiger partial charge in [0.25, 0.3) is 5.91 Å². The fraction of sp³-hybridized carbons (Fsp3) is 0.133. The highest BCUT2D eigenvalue weighted by Gasteiger charge is 2.08. The third-order valence-corrected chi connectivity index (χ3v) is 2.74. The molecule has 3 N–H and O–H groups in total. The molecule has 0 radical (unpaired) electrons. The zero-order chi connectivity index (χ0) is 13.1. The maximum Gasteiger partial charge on any atom is 0.255 e. The summed E-state index contributed by atoms with van der Waals surface area (Å²) in [6.45, 7) is 3.92. The molecule has 2 aromatic rings. The summed E-state index contributed by atoms with van der Waals surface area (Å²) < 4.78 is 0. The minimum atomic E-state index is -0.143. The largest absolute Gasteiger partial charge is 0.397 e. The van der Waals surface area contributed by atoms with Gasteiger partial charge in [-0.3, -0.25) is 4.79 Å². The molecule has 2 aromatic carbocycles. The van der Waals surface area contributed by atoms with Gasteiger partial charge in [-0.25, -0.2) is 0 Å². The van der Waals surface area contributed by atoms with Crippen LogP contribution in [0.2, 0.25) is 0 Å². The standard InChI is InChI=1S/C15H16N2O/c1-10-4-3-5-12(8-10)15(18)17-14-9-11(2)6-7-13(14)16/h3-9H,16H2,1-2H3,(H,17,18). The van der Waals surface area contributed by atoms with Gasteiger partial charge in [0.2, 0.25) is 0 Å². The summed E-state index contributed by atoms with van der Waals surface area (Å²) >= 11 is 0. The van der Waals surface area contributed by atoms with Crippen LogP contribution in [0.1, 0.15) is 21.5 Å². The molecule has 2 rings (SSSR count). The van der Waals surface area contributed by atoms with Crippen LogP contribution in [0.5, 0.6) is 0 Å². The predicted octanol–water partition coefficient (Wildman–Crippen LogP) is 3.14. The van der Waals surface area contributed by atoms with Crippen LogP contribution in [0.4, 0.5) is 11.4 Å². The SMILES string of the molecule is Cc1cccc(C(=O)Nc2cc(C)ccc2N)c1. The summed E-state index contributed by atoms with van der Waals surface area (Å²) in [5.41, 5.74) is 9.81. The van der Waals surface area contributed by atoms with Gasteiger partial charge in [-0.15, -0.1) is 0 Å². The van der Waals surface area contributed by atoms with Crippen molar-refractivity contribution >= 4 is 17.3 Å². The Morgan fingerprint density at radius 3 is 2.50 bits per heavy atom. The molecular weight excluding hydrogens is 224 g/mol. The normalized spacial score (nSPS) is 10.1. The number of carbonyl (C=O) groups is 1. The van der Waals surface area contributed by atoms with Crippen LogP contribution in [0.25, 0.3) is 0 Å². The van der Waals surface area contributed by atoms with Crippen LogP contribution < -0.4 is 11.1 Å². The Morgan fingerprint density at radius 2 is 1.78 bits per heavy atom. The van der Waals surface area contributed by atoms with E-state index < -0.39 is 0 Å². The molecule has 0 atom stereocenters. The van der Waals surface area contributed by atoms with E-state index in [-0.39, 0.29) is 5.91 Å². The molecular formula is C15H16N2O. The van der Waals surface area contributed by atoms with Crippen LogP contribution in [0.15, 0.2) is 42.5 Å². The second-order valence-electron chi connectivity index (χ2n) is 4.41. The van der Waals surface area contributed by atoms with Crippen LogP contribution >= 0.6 is 0 Å². The van der Waals surface area contributed by atoms with E-state index in [4.69, 9.17) is 5.73 Å². The summed E-state index contributed by atoms with van der Waals surface area (Å²) in [4.78, 5) is 12.1. The van der Waals surface area contributed by atoms with E-state index in [2.05, 4.69) is 5.32 Å². The Kier molecular flexibility index (Phi) is 3.33. The molecule has 0 heterocycles. The van der Waals surface area contributed by atoms with Crippen molar-refractivity contribution in [1.82, 2.24) is 0 Å². The molecule has 3 nitrogen and oxygen atoms in total. The van der Waals surface area contributed by atoms with Crippen molar-refractivity contribution < 1.29 is 4.79 Å². The fourth-order valence-electron chi connectivity index (χ4n) is 1.76. The van der Waals surface area contributed by atoms with Crippen molar-refractivity contribution in [3.8, 4) is 0 Å². The van der Waals surface area contributed by atoms with Gasteiger partial charge in [0.15, 0.2) is 0 Å². The molecule has 1 amide bonds. The minimum Gasteiger partial charge on any atom is -0.397 e. The molecule has 0 spiro atoms. The molecule has 0 fully saturated rings. The molecule has 0 aliphatic heterocycles. The number of carbonyl (C=O) groups excluding carboxylic acids is 1. The van der Waals surface area contributed by atoms with Crippen molar-refractivity contribution in [2.45, 2.75) is 13.8 Å². The Hall–Kier alpha value is -2.29. The first-order valence-electron chi connectivity index (χ1n) is 5.80. The molecule has 18 heavy (non-hydrogen) atoms. The highest BCUT2D eigenvalue weighted by atomic mass is 16.1. The van der Waals surface area contributed by atoms with Crippen LogP contribution in [0.3, 0.4) is 0 Å². The number of nitrogens with two attached hydrogens (primary N) is 1. The van der Waals surface area contributed by atoms with E-state index in [1.165, 1.54) is 0 Å². The molecule has 0 unspecified atom stereocenters. The van der Waals surface area contributed by atoms with E-state index >= 15 is 0 Å². The number of nitrogen functional groups attached to an aromatic ring is 1. The van der Waals surface area contributed by atoms with E-state index in [0.717, 1.165) is 11.1 Å². The van der Waals surface area contributed by atoms with Gasteiger partial charge in [-0.2, -0.15) is 0 Å². The maximum atomic E-state index is 12.1. The lowest BCUT2D eigenvalue weighted by Gasteiger charge is -2.09. The van der Waals surface area contributed by atoms with Gasteiger partial charge < -0.3 is 11.1 Å². The monoisotopic (exact) mass is 240 g/mol. The van der Waals surface area contributed by atoms with E-state index in [1.807, 2.05) is 44.2 Å². The molecule has 0 aliphatic rings. The number of benzene rings is 2. The first kappa shape index (κ1) is 12.2. The van der Waals surface area contributed by atoms with Gasteiger partial charge in [-0.05, 0) is 43.7 Å². The fourth-order valence-corrected chi connectivity index (χ4v) is 1.76. The molecule has 0 aromatic heterocycles. The average molecular weight is 240 g/mol. The Morgan fingerprint density at radius 1 is 1.06 bits per heavy atom. The average Bonchev–Trinajstić information content (AvgIpc) is 2.34. The second-order valence-corrected chi connectivity index (χ2v) is 4.41. The predicted molar refractivity (Wildman–Crippen MR) is 74.7 cm³/mol. The van der Waals surface area contributed by atoms with E-state index in [0.29, 0.717) is 16.9 Å². The summed E-state index contributed by atoms with van der Waals surface area (Å²) in [6, 6.07) is 13.0. The molecule has 92 valence electrons. The first-order chi connectivity index (χ1) is 8.56. The van der Waals surface area contributed by atoms with E-state index in [9.17, 15) is 4.79 Å². The minimum absolute atomic E-state index is 0.143. The smallest absolute Gasteiger partial charge is 0.255 e. The molecule has 0 bridgehead atoms. The summed E-state index contributed by atoms with van der Waals surface area (Å²) in [5, 5.41) is 2.83. The van der Waals surface area contributed by atoms with Crippen molar-refractivity contribution in [2.75, 3.05) is 11.1 Å².